The molecule has 0 atom stereocenters. The van der Waals surface area contributed by atoms with Crippen LogP contribution in [0.4, 0.5) is 0 Å². The monoisotopic (exact) mass is 224 g/mol. The predicted molar refractivity (Wildman–Crippen MR) is 63.0 cm³/mol. The van der Waals surface area contributed by atoms with Crippen LogP contribution in [0.5, 0.6) is 5.75 Å². The van der Waals surface area contributed by atoms with E-state index in [1.165, 1.54) is 0 Å². The molecular weight excluding hydrogens is 204 g/mol. The molecule has 4 nitrogen and oxygen atoms in total. The maximum absolute atomic E-state index is 9.79. The van der Waals surface area contributed by atoms with Gasteiger partial charge in [0, 0.05) is 30.5 Å². The van der Waals surface area contributed by atoms with Gasteiger partial charge >= 0.3 is 0 Å². The Bertz CT molecular complexity index is 351. The fourth-order valence-electron chi connectivity index (χ4n) is 1.44. The normalized spacial score (nSPS) is 11.1. The van der Waals surface area contributed by atoms with Crippen molar-refractivity contribution in [3.8, 4) is 5.75 Å². The summed E-state index contributed by atoms with van der Waals surface area (Å²) in [4.78, 5) is 4.10. The van der Waals surface area contributed by atoms with Gasteiger partial charge in [0.05, 0.1) is 12.3 Å². The molecule has 0 fully saturated rings. The summed E-state index contributed by atoms with van der Waals surface area (Å²) in [5.74, 6) is 0.682. The summed E-state index contributed by atoms with van der Waals surface area (Å²) < 4.78 is 5.51. The van der Waals surface area contributed by atoms with Crippen LogP contribution in [-0.2, 0) is 17.9 Å². The molecule has 0 aliphatic rings. The number of nitrogens with two attached hydrogens (primary N) is 1. The molecule has 0 radical (unpaired) electrons. The Morgan fingerprint density at radius 3 is 2.75 bits per heavy atom. The molecule has 16 heavy (non-hydrogen) atoms. The fourth-order valence-corrected chi connectivity index (χ4v) is 1.44. The Labute approximate surface area is 96.5 Å². The lowest BCUT2D eigenvalue weighted by Gasteiger charge is -2.12. The standard InChI is InChI=1S/C12H20N2O2/c1-8(2)6-16-7-10-5-14-9(3)12(15)11(10)4-13/h5,8,15H,4,6-7,13H2,1-3H3. The second-order valence-electron chi connectivity index (χ2n) is 4.31. The lowest BCUT2D eigenvalue weighted by molar-refractivity contribution is 0.0962. The van der Waals surface area contributed by atoms with Crippen LogP contribution in [0.2, 0.25) is 0 Å². The van der Waals surface area contributed by atoms with Gasteiger partial charge in [-0.25, -0.2) is 0 Å². The fraction of sp³-hybridized carbons (Fsp3) is 0.583. The molecule has 0 aromatic carbocycles. The van der Waals surface area contributed by atoms with E-state index < -0.39 is 0 Å². The highest BCUT2D eigenvalue weighted by molar-refractivity contribution is 5.40. The molecule has 0 aliphatic heterocycles. The number of aromatic nitrogens is 1. The largest absolute Gasteiger partial charge is 0.506 e. The highest BCUT2D eigenvalue weighted by atomic mass is 16.5. The van der Waals surface area contributed by atoms with Gasteiger partial charge in [0.15, 0.2) is 0 Å². The second-order valence-corrected chi connectivity index (χ2v) is 4.31. The molecule has 0 amide bonds. The van der Waals surface area contributed by atoms with Crippen LogP contribution >= 0.6 is 0 Å². The van der Waals surface area contributed by atoms with Crippen LogP contribution < -0.4 is 5.73 Å². The molecule has 1 heterocycles. The molecule has 3 N–H and O–H groups in total. The van der Waals surface area contributed by atoms with Gasteiger partial charge in [0.1, 0.15) is 5.75 Å². The molecule has 0 aliphatic carbocycles. The first-order valence-electron chi connectivity index (χ1n) is 5.50. The third-order valence-corrected chi connectivity index (χ3v) is 2.34. The number of aryl methyl sites for hydroxylation is 1. The summed E-state index contributed by atoms with van der Waals surface area (Å²) in [6.45, 7) is 7.39. The van der Waals surface area contributed by atoms with Crippen molar-refractivity contribution >= 4 is 0 Å². The quantitative estimate of drug-likeness (QED) is 0.799. The number of pyridine rings is 1. The van der Waals surface area contributed by atoms with Crippen molar-refractivity contribution in [2.75, 3.05) is 6.61 Å². The van der Waals surface area contributed by atoms with E-state index in [2.05, 4.69) is 18.8 Å². The zero-order valence-electron chi connectivity index (χ0n) is 10.2. The van der Waals surface area contributed by atoms with Crippen molar-refractivity contribution in [1.29, 1.82) is 0 Å². The summed E-state index contributed by atoms with van der Waals surface area (Å²) in [6.07, 6.45) is 1.72. The molecule has 0 saturated heterocycles. The third-order valence-electron chi connectivity index (χ3n) is 2.34. The smallest absolute Gasteiger partial charge is 0.141 e. The Hall–Kier alpha value is -1.13. The second kappa shape index (κ2) is 5.82. The molecule has 1 rings (SSSR count). The first kappa shape index (κ1) is 12.9. The molecule has 0 saturated carbocycles. The zero-order valence-corrected chi connectivity index (χ0v) is 10.2. The van der Waals surface area contributed by atoms with E-state index in [1.54, 1.807) is 13.1 Å². The molecule has 90 valence electrons. The molecule has 1 aromatic rings. The van der Waals surface area contributed by atoms with E-state index >= 15 is 0 Å². The van der Waals surface area contributed by atoms with E-state index in [9.17, 15) is 5.11 Å². The molecule has 0 spiro atoms. The number of nitrogens with zero attached hydrogens (tertiary/aromatic N) is 1. The van der Waals surface area contributed by atoms with E-state index in [0.29, 0.717) is 31.4 Å². The first-order chi connectivity index (χ1) is 7.56. The molecule has 4 heteroatoms. The SMILES string of the molecule is Cc1ncc(COCC(C)C)c(CN)c1O. The third kappa shape index (κ3) is 3.18. The van der Waals surface area contributed by atoms with Crippen LogP contribution in [0.15, 0.2) is 6.20 Å². The minimum absolute atomic E-state index is 0.188. The Balaban J connectivity index is 2.76. The lowest BCUT2D eigenvalue weighted by atomic mass is 10.1. The van der Waals surface area contributed by atoms with Crippen molar-refractivity contribution in [1.82, 2.24) is 4.98 Å². The first-order valence-corrected chi connectivity index (χ1v) is 5.50. The zero-order chi connectivity index (χ0) is 12.1. The Morgan fingerprint density at radius 1 is 1.50 bits per heavy atom. The number of hydrogen-bond acceptors (Lipinski definition) is 4. The maximum Gasteiger partial charge on any atom is 0.141 e. The summed E-state index contributed by atoms with van der Waals surface area (Å²) in [7, 11) is 0. The van der Waals surface area contributed by atoms with Gasteiger partial charge in [-0.1, -0.05) is 13.8 Å². The van der Waals surface area contributed by atoms with Crippen LogP contribution in [-0.4, -0.2) is 16.7 Å². The lowest BCUT2D eigenvalue weighted by Crippen LogP contribution is -2.08. The average Bonchev–Trinajstić information content (AvgIpc) is 2.23. The summed E-state index contributed by atoms with van der Waals surface area (Å²) >= 11 is 0. The van der Waals surface area contributed by atoms with Crippen molar-refractivity contribution in [3.05, 3.63) is 23.0 Å². The number of hydrogen-bond donors (Lipinski definition) is 2. The van der Waals surface area contributed by atoms with Crippen molar-refractivity contribution < 1.29 is 9.84 Å². The topological polar surface area (TPSA) is 68.4 Å². The van der Waals surface area contributed by atoms with Crippen molar-refractivity contribution in [2.24, 2.45) is 11.7 Å². The average molecular weight is 224 g/mol. The summed E-state index contributed by atoms with van der Waals surface area (Å²) in [6, 6.07) is 0. The Morgan fingerprint density at radius 2 is 2.19 bits per heavy atom. The van der Waals surface area contributed by atoms with Crippen LogP contribution in [0.1, 0.15) is 30.7 Å². The van der Waals surface area contributed by atoms with Crippen LogP contribution in [0.3, 0.4) is 0 Å². The van der Waals surface area contributed by atoms with Gasteiger partial charge in [0.25, 0.3) is 0 Å². The highest BCUT2D eigenvalue weighted by Gasteiger charge is 2.10. The van der Waals surface area contributed by atoms with Crippen molar-refractivity contribution in [3.63, 3.8) is 0 Å². The number of ether oxygens (including phenoxy) is 1. The van der Waals surface area contributed by atoms with Crippen LogP contribution in [0, 0.1) is 12.8 Å². The van der Waals surface area contributed by atoms with Gasteiger partial charge in [-0.2, -0.15) is 0 Å². The minimum Gasteiger partial charge on any atom is -0.506 e. The van der Waals surface area contributed by atoms with E-state index in [4.69, 9.17) is 10.5 Å². The van der Waals surface area contributed by atoms with Gasteiger partial charge in [-0.05, 0) is 12.8 Å². The predicted octanol–water partition coefficient (Wildman–Crippen LogP) is 1.73. The minimum atomic E-state index is 0.188. The molecular formula is C12H20N2O2. The Kier molecular flexibility index (Phi) is 4.71. The molecule has 1 aromatic heterocycles. The summed E-state index contributed by atoms with van der Waals surface area (Å²) in [5.41, 5.74) is 7.81. The van der Waals surface area contributed by atoms with Gasteiger partial charge in [-0.15, -0.1) is 0 Å². The van der Waals surface area contributed by atoms with E-state index in [-0.39, 0.29) is 5.75 Å². The molecule has 0 bridgehead atoms. The van der Waals surface area contributed by atoms with E-state index in [1.807, 2.05) is 0 Å². The summed E-state index contributed by atoms with van der Waals surface area (Å²) in [5, 5.41) is 9.79. The van der Waals surface area contributed by atoms with Gasteiger partial charge < -0.3 is 15.6 Å². The number of aromatic hydroxyl groups is 1. The maximum atomic E-state index is 9.79. The number of rotatable bonds is 5. The molecule has 0 unspecified atom stereocenters. The van der Waals surface area contributed by atoms with Crippen LogP contribution in [0.25, 0.3) is 0 Å². The van der Waals surface area contributed by atoms with E-state index in [0.717, 1.165) is 11.1 Å². The highest BCUT2D eigenvalue weighted by Crippen LogP contribution is 2.23. The van der Waals surface area contributed by atoms with Gasteiger partial charge in [-0.3, -0.25) is 4.98 Å². The van der Waals surface area contributed by atoms with Crippen molar-refractivity contribution in [2.45, 2.75) is 33.9 Å². The van der Waals surface area contributed by atoms with Gasteiger partial charge in [0.2, 0.25) is 0 Å².